The van der Waals surface area contributed by atoms with Crippen molar-refractivity contribution in [2.45, 2.75) is 12.8 Å². The Morgan fingerprint density at radius 2 is 2.05 bits per heavy atom. The molecule has 22 heavy (non-hydrogen) atoms. The molecule has 0 spiro atoms. The molecule has 0 atom stereocenters. The first-order chi connectivity index (χ1) is 10.2. The number of nitrogens with two attached hydrogens (primary N) is 1. The fourth-order valence-corrected chi connectivity index (χ4v) is 3.56. The highest BCUT2D eigenvalue weighted by Gasteiger charge is 2.24. The lowest BCUT2D eigenvalue weighted by Gasteiger charge is -2.19. The molecule has 10 heteroatoms. The second-order valence-electron chi connectivity index (χ2n) is 4.92. The van der Waals surface area contributed by atoms with Crippen molar-refractivity contribution in [3.63, 3.8) is 0 Å². The number of amidine groups is 1. The Hall–Kier alpha value is -1.81. The summed E-state index contributed by atoms with van der Waals surface area (Å²) < 4.78 is 56.2. The molecule has 1 aromatic rings. The third-order valence-electron chi connectivity index (χ3n) is 2.91. The topological polar surface area (TPSA) is 128 Å². The van der Waals surface area contributed by atoms with Gasteiger partial charge < -0.3 is 10.5 Å². The van der Waals surface area contributed by atoms with Crippen LogP contribution in [0.1, 0.15) is 18.4 Å². The van der Waals surface area contributed by atoms with Crippen molar-refractivity contribution in [1.29, 1.82) is 0 Å². The number of hydrogen-bond acceptors (Lipinski definition) is 6. The SMILES string of the molecule is CS(=O)(=O)CCCCOc1cccc2c1C(N)=NS(=O)(=O)N2. The van der Waals surface area contributed by atoms with E-state index >= 15 is 0 Å². The molecule has 0 radical (unpaired) electrons. The first kappa shape index (κ1) is 16.6. The predicted octanol–water partition coefficient (Wildman–Crippen LogP) is 0.266. The monoisotopic (exact) mass is 347 g/mol. The molecule has 0 saturated heterocycles. The standard InChI is InChI=1S/C12H17N3O5S2/c1-21(16,17)8-3-2-7-20-10-6-4-5-9-11(10)12(13)15-22(18,19)14-9/h4-6,14H,2-3,7-8H2,1H3,(H2,13,15). The lowest BCUT2D eigenvalue weighted by molar-refractivity contribution is 0.309. The molecule has 0 saturated carbocycles. The van der Waals surface area contributed by atoms with Crippen LogP contribution in [-0.2, 0) is 20.0 Å². The smallest absolute Gasteiger partial charge is 0.344 e. The fraction of sp³-hybridized carbons (Fsp3) is 0.417. The van der Waals surface area contributed by atoms with Crippen LogP contribution < -0.4 is 15.2 Å². The molecule has 0 aromatic heterocycles. The summed E-state index contributed by atoms with van der Waals surface area (Å²) >= 11 is 0. The summed E-state index contributed by atoms with van der Waals surface area (Å²) in [5.41, 5.74) is 6.38. The van der Waals surface area contributed by atoms with Crippen LogP contribution in [0.4, 0.5) is 5.69 Å². The van der Waals surface area contributed by atoms with Crippen LogP contribution in [0.3, 0.4) is 0 Å². The van der Waals surface area contributed by atoms with Crippen LogP contribution in [0.5, 0.6) is 5.75 Å². The molecule has 0 fully saturated rings. The second kappa shape index (κ2) is 6.13. The van der Waals surface area contributed by atoms with Crippen molar-refractivity contribution in [2.24, 2.45) is 10.1 Å². The number of rotatable bonds is 6. The van der Waals surface area contributed by atoms with Crippen LogP contribution in [0.15, 0.2) is 22.6 Å². The number of ether oxygens (including phenoxy) is 1. The van der Waals surface area contributed by atoms with E-state index < -0.39 is 20.0 Å². The molecular formula is C12H17N3O5S2. The van der Waals surface area contributed by atoms with Gasteiger partial charge >= 0.3 is 10.2 Å². The molecule has 0 unspecified atom stereocenters. The van der Waals surface area contributed by atoms with Crippen LogP contribution in [0.2, 0.25) is 0 Å². The third-order valence-corrected chi connectivity index (χ3v) is 4.85. The Morgan fingerprint density at radius 3 is 2.73 bits per heavy atom. The minimum absolute atomic E-state index is 0.104. The number of fused-ring (bicyclic) bond motifs is 1. The summed E-state index contributed by atoms with van der Waals surface area (Å²) in [6.45, 7) is 0.298. The molecule has 1 aromatic carbocycles. The van der Waals surface area contributed by atoms with E-state index in [-0.39, 0.29) is 11.6 Å². The minimum Gasteiger partial charge on any atom is -0.493 e. The number of hydrogen-bond donors (Lipinski definition) is 2. The summed E-state index contributed by atoms with van der Waals surface area (Å²) in [7, 11) is -6.79. The Kier molecular flexibility index (Phi) is 4.61. The molecule has 0 bridgehead atoms. The molecule has 122 valence electrons. The van der Waals surface area contributed by atoms with E-state index in [9.17, 15) is 16.8 Å². The number of sulfone groups is 1. The first-order valence-corrected chi connectivity index (χ1v) is 10.00. The van der Waals surface area contributed by atoms with Gasteiger partial charge in [0, 0.05) is 6.26 Å². The van der Waals surface area contributed by atoms with Crippen molar-refractivity contribution in [3.05, 3.63) is 23.8 Å². The summed E-state index contributed by atoms with van der Waals surface area (Å²) in [6.07, 6.45) is 2.23. The Morgan fingerprint density at radius 1 is 1.32 bits per heavy atom. The number of unbranched alkanes of at least 4 members (excludes halogenated alkanes) is 1. The van der Waals surface area contributed by atoms with Crippen molar-refractivity contribution >= 4 is 31.6 Å². The molecule has 0 amide bonds. The molecule has 1 aliphatic heterocycles. The largest absolute Gasteiger partial charge is 0.493 e. The van der Waals surface area contributed by atoms with Crippen molar-refractivity contribution in [1.82, 2.24) is 0 Å². The molecule has 1 aliphatic rings. The lowest BCUT2D eigenvalue weighted by Crippen LogP contribution is -2.27. The minimum atomic E-state index is -3.82. The van der Waals surface area contributed by atoms with Gasteiger partial charge in [-0.1, -0.05) is 6.07 Å². The highest BCUT2D eigenvalue weighted by molar-refractivity contribution is 7.91. The molecule has 1 heterocycles. The molecule has 8 nitrogen and oxygen atoms in total. The van der Waals surface area contributed by atoms with Crippen molar-refractivity contribution in [3.8, 4) is 5.75 Å². The van der Waals surface area contributed by atoms with Gasteiger partial charge in [0.1, 0.15) is 15.6 Å². The van der Waals surface area contributed by atoms with E-state index in [1.54, 1.807) is 18.2 Å². The van der Waals surface area contributed by atoms with Gasteiger partial charge in [-0.05, 0) is 25.0 Å². The van der Waals surface area contributed by atoms with Gasteiger partial charge in [-0.3, -0.25) is 4.72 Å². The van der Waals surface area contributed by atoms with E-state index in [1.807, 2.05) is 0 Å². The van der Waals surface area contributed by atoms with Crippen molar-refractivity contribution in [2.75, 3.05) is 23.3 Å². The zero-order chi connectivity index (χ0) is 16.4. The van der Waals surface area contributed by atoms with Gasteiger partial charge in [-0.15, -0.1) is 4.40 Å². The van der Waals surface area contributed by atoms with Crippen molar-refractivity contribution < 1.29 is 21.6 Å². The number of anilines is 1. The Bertz CT molecular complexity index is 800. The predicted molar refractivity (Wildman–Crippen MR) is 84.1 cm³/mol. The van der Waals surface area contributed by atoms with Crippen LogP contribution in [0, 0.1) is 0 Å². The van der Waals surface area contributed by atoms with E-state index in [0.29, 0.717) is 36.4 Å². The van der Waals surface area contributed by atoms with Gasteiger partial charge in [-0.2, -0.15) is 8.42 Å². The zero-order valence-electron chi connectivity index (χ0n) is 11.9. The zero-order valence-corrected chi connectivity index (χ0v) is 13.6. The fourth-order valence-electron chi connectivity index (χ4n) is 1.99. The second-order valence-corrected chi connectivity index (χ2v) is 8.51. The number of nitrogens with zero attached hydrogens (tertiary/aromatic N) is 1. The quantitative estimate of drug-likeness (QED) is 0.711. The van der Waals surface area contributed by atoms with Crippen LogP contribution in [0.25, 0.3) is 0 Å². The van der Waals surface area contributed by atoms with Gasteiger partial charge in [0.25, 0.3) is 0 Å². The van der Waals surface area contributed by atoms with Gasteiger partial charge in [-0.25, -0.2) is 8.42 Å². The summed E-state index contributed by atoms with van der Waals surface area (Å²) in [6, 6.07) is 4.84. The maximum atomic E-state index is 11.5. The summed E-state index contributed by atoms with van der Waals surface area (Å²) in [5, 5.41) is 0. The van der Waals surface area contributed by atoms with E-state index in [0.717, 1.165) is 0 Å². The Balaban J connectivity index is 2.05. The summed E-state index contributed by atoms with van der Waals surface area (Å²) in [5.74, 6) is 0.369. The first-order valence-electron chi connectivity index (χ1n) is 6.50. The Labute approximate surface area is 129 Å². The van der Waals surface area contributed by atoms with Gasteiger partial charge in [0.2, 0.25) is 0 Å². The highest BCUT2D eigenvalue weighted by atomic mass is 32.2. The average molecular weight is 347 g/mol. The number of benzene rings is 1. The lowest BCUT2D eigenvalue weighted by atomic mass is 10.1. The van der Waals surface area contributed by atoms with Gasteiger partial charge in [0.15, 0.2) is 5.84 Å². The maximum Gasteiger partial charge on any atom is 0.344 e. The highest BCUT2D eigenvalue weighted by Crippen LogP contribution is 2.30. The van der Waals surface area contributed by atoms with E-state index in [2.05, 4.69) is 9.12 Å². The number of nitrogens with one attached hydrogen (secondary N) is 1. The maximum absolute atomic E-state index is 11.5. The third kappa shape index (κ3) is 4.34. The molecule has 3 N–H and O–H groups in total. The van der Waals surface area contributed by atoms with Crippen LogP contribution in [-0.4, -0.2) is 41.3 Å². The van der Waals surface area contributed by atoms with Crippen LogP contribution >= 0.6 is 0 Å². The average Bonchev–Trinajstić information content (AvgIpc) is 2.35. The normalized spacial score (nSPS) is 16.3. The molecule has 0 aliphatic carbocycles. The van der Waals surface area contributed by atoms with Gasteiger partial charge in [0.05, 0.1) is 23.6 Å². The van der Waals surface area contributed by atoms with E-state index in [4.69, 9.17) is 10.5 Å². The molecule has 2 rings (SSSR count). The summed E-state index contributed by atoms with van der Waals surface area (Å²) in [4.78, 5) is 0. The molecular weight excluding hydrogens is 330 g/mol. The van der Waals surface area contributed by atoms with E-state index in [1.165, 1.54) is 6.26 Å².